The van der Waals surface area contributed by atoms with Crippen molar-refractivity contribution in [3.05, 3.63) is 11.7 Å². The van der Waals surface area contributed by atoms with Crippen molar-refractivity contribution in [3.8, 4) is 0 Å². The van der Waals surface area contributed by atoms with Crippen molar-refractivity contribution in [2.75, 3.05) is 5.75 Å². The van der Waals surface area contributed by atoms with Gasteiger partial charge in [0.2, 0.25) is 5.89 Å². The molecule has 0 atom stereocenters. The molecule has 1 aromatic rings. The third-order valence-corrected chi connectivity index (χ3v) is 2.86. The summed E-state index contributed by atoms with van der Waals surface area (Å²) in [5, 5.41) is 3.91. The second kappa shape index (κ2) is 5.51. The minimum absolute atomic E-state index is 0.291. The topological polar surface area (TPSA) is 64.9 Å². The van der Waals surface area contributed by atoms with E-state index < -0.39 is 0 Å². The first kappa shape index (κ1) is 12.5. The maximum absolute atomic E-state index is 5.87. The van der Waals surface area contributed by atoms with Crippen LogP contribution in [0.15, 0.2) is 4.52 Å². The molecule has 0 bridgehead atoms. The third-order valence-electron chi connectivity index (χ3n) is 1.70. The molecule has 0 radical (unpaired) electrons. The zero-order chi connectivity index (χ0) is 11.3. The fourth-order valence-corrected chi connectivity index (χ4v) is 1.85. The van der Waals surface area contributed by atoms with E-state index in [-0.39, 0.29) is 5.54 Å². The molecule has 1 heterocycles. The molecule has 1 aromatic heterocycles. The summed E-state index contributed by atoms with van der Waals surface area (Å²) in [5.74, 6) is 3.36. The van der Waals surface area contributed by atoms with Crippen LogP contribution in [0.2, 0.25) is 0 Å². The van der Waals surface area contributed by atoms with Gasteiger partial charge in [0.25, 0.3) is 0 Å². The lowest BCUT2D eigenvalue weighted by Crippen LogP contribution is -2.34. The highest BCUT2D eigenvalue weighted by Gasteiger charge is 2.16. The van der Waals surface area contributed by atoms with Crippen LogP contribution in [0.5, 0.6) is 0 Å². The molecule has 0 fully saturated rings. The highest BCUT2D eigenvalue weighted by Crippen LogP contribution is 2.12. The molecule has 0 aliphatic rings. The zero-order valence-corrected chi connectivity index (χ0v) is 10.4. The summed E-state index contributed by atoms with van der Waals surface area (Å²) >= 11 is 1.82. The van der Waals surface area contributed by atoms with E-state index in [1.165, 1.54) is 6.42 Å². The smallest absolute Gasteiger partial charge is 0.228 e. The van der Waals surface area contributed by atoms with Crippen molar-refractivity contribution < 1.29 is 4.52 Å². The second-order valence-corrected chi connectivity index (χ2v) is 5.43. The van der Waals surface area contributed by atoms with Crippen LogP contribution in [0, 0.1) is 0 Å². The van der Waals surface area contributed by atoms with Gasteiger partial charge in [0.1, 0.15) is 0 Å². The van der Waals surface area contributed by atoms with Crippen LogP contribution in [0.25, 0.3) is 0 Å². The van der Waals surface area contributed by atoms with Crippen LogP contribution >= 0.6 is 11.8 Å². The van der Waals surface area contributed by atoms with Crippen LogP contribution in [-0.2, 0) is 12.2 Å². The molecule has 15 heavy (non-hydrogen) atoms. The van der Waals surface area contributed by atoms with Gasteiger partial charge in [0, 0.05) is 12.0 Å². The molecule has 0 unspecified atom stereocenters. The molecule has 2 N–H and O–H groups in total. The van der Waals surface area contributed by atoms with Gasteiger partial charge in [-0.3, -0.25) is 0 Å². The number of thioether (sulfide) groups is 1. The Labute approximate surface area is 95.0 Å². The van der Waals surface area contributed by atoms with Crippen LogP contribution in [-0.4, -0.2) is 21.4 Å². The minimum atomic E-state index is -0.291. The molecule has 5 heteroatoms. The lowest BCUT2D eigenvalue weighted by Gasteiger charge is -2.14. The molecule has 0 amide bonds. The van der Waals surface area contributed by atoms with Crippen LogP contribution in [0.1, 0.15) is 38.9 Å². The maximum atomic E-state index is 5.87. The Morgan fingerprint density at radius 2 is 2.20 bits per heavy atom. The number of nitrogens with zero attached hydrogens (tertiary/aromatic N) is 2. The third kappa shape index (κ3) is 5.18. The number of aromatic nitrogens is 2. The molecule has 4 nitrogen and oxygen atoms in total. The van der Waals surface area contributed by atoms with Crippen LogP contribution in [0.4, 0.5) is 0 Å². The van der Waals surface area contributed by atoms with Gasteiger partial charge in [-0.15, -0.1) is 0 Å². The number of nitrogens with two attached hydrogens (primary N) is 1. The number of hydrogen-bond acceptors (Lipinski definition) is 5. The Morgan fingerprint density at radius 1 is 1.47 bits per heavy atom. The zero-order valence-electron chi connectivity index (χ0n) is 9.62. The van der Waals surface area contributed by atoms with Gasteiger partial charge in [-0.1, -0.05) is 12.1 Å². The minimum Gasteiger partial charge on any atom is -0.339 e. The standard InChI is InChI=1S/C10H19N3OS/c1-4-5-15-7-8-12-9(14-13-8)6-10(2,3)11/h4-7,11H2,1-3H3. The number of hydrogen-bond donors (Lipinski definition) is 1. The quantitative estimate of drug-likeness (QED) is 0.756. The maximum Gasteiger partial charge on any atom is 0.228 e. The largest absolute Gasteiger partial charge is 0.339 e. The van der Waals surface area contributed by atoms with Crippen molar-refractivity contribution in [1.29, 1.82) is 0 Å². The Kier molecular flexibility index (Phi) is 4.60. The normalized spacial score (nSPS) is 12.0. The Balaban J connectivity index is 2.42. The second-order valence-electron chi connectivity index (χ2n) is 4.32. The fraction of sp³-hybridized carbons (Fsp3) is 0.800. The summed E-state index contributed by atoms with van der Waals surface area (Å²) in [7, 11) is 0. The highest BCUT2D eigenvalue weighted by atomic mass is 32.2. The molecule has 1 rings (SSSR count). The van der Waals surface area contributed by atoms with Crippen molar-refractivity contribution in [1.82, 2.24) is 10.1 Å². The summed E-state index contributed by atoms with van der Waals surface area (Å²) in [6, 6.07) is 0. The first-order chi connectivity index (χ1) is 7.01. The van der Waals surface area contributed by atoms with Crippen molar-refractivity contribution in [2.24, 2.45) is 5.73 Å². The van der Waals surface area contributed by atoms with E-state index in [1.807, 2.05) is 25.6 Å². The highest BCUT2D eigenvalue weighted by molar-refractivity contribution is 7.98. The molecule has 0 spiro atoms. The van der Waals surface area contributed by atoms with E-state index >= 15 is 0 Å². The first-order valence-corrected chi connectivity index (χ1v) is 6.35. The SMILES string of the molecule is CCCSCc1noc(CC(C)(C)N)n1. The van der Waals surface area contributed by atoms with Gasteiger partial charge >= 0.3 is 0 Å². The Bertz CT molecular complexity index is 293. The molecule has 0 aliphatic carbocycles. The van der Waals surface area contributed by atoms with E-state index in [1.54, 1.807) is 0 Å². The molecular formula is C10H19N3OS. The van der Waals surface area contributed by atoms with E-state index in [4.69, 9.17) is 10.3 Å². The van der Waals surface area contributed by atoms with Crippen LogP contribution in [0.3, 0.4) is 0 Å². The molecule has 0 saturated heterocycles. The van der Waals surface area contributed by atoms with Crippen molar-refractivity contribution in [3.63, 3.8) is 0 Å². The summed E-state index contributed by atoms with van der Waals surface area (Å²) < 4.78 is 5.12. The van der Waals surface area contributed by atoms with Gasteiger partial charge in [0.15, 0.2) is 5.82 Å². The van der Waals surface area contributed by atoms with E-state index in [2.05, 4.69) is 17.1 Å². The molecule has 86 valence electrons. The molecule has 0 saturated carbocycles. The predicted molar refractivity (Wildman–Crippen MR) is 62.7 cm³/mol. The fourth-order valence-electron chi connectivity index (χ4n) is 1.12. The van der Waals surface area contributed by atoms with Gasteiger partial charge in [0.05, 0.1) is 5.75 Å². The summed E-state index contributed by atoms with van der Waals surface area (Å²) in [6.07, 6.45) is 1.80. The predicted octanol–water partition coefficient (Wildman–Crippen LogP) is 1.99. The van der Waals surface area contributed by atoms with Crippen molar-refractivity contribution >= 4 is 11.8 Å². The Hall–Kier alpha value is -0.550. The molecular weight excluding hydrogens is 210 g/mol. The number of rotatable bonds is 6. The van der Waals surface area contributed by atoms with E-state index in [0.717, 1.165) is 17.3 Å². The van der Waals surface area contributed by atoms with Crippen LogP contribution < -0.4 is 5.73 Å². The molecule has 0 aromatic carbocycles. The van der Waals surface area contributed by atoms with E-state index in [0.29, 0.717) is 12.3 Å². The van der Waals surface area contributed by atoms with Crippen molar-refractivity contribution in [2.45, 2.75) is 44.9 Å². The van der Waals surface area contributed by atoms with Gasteiger partial charge in [-0.05, 0) is 26.0 Å². The lowest BCUT2D eigenvalue weighted by atomic mass is 10.0. The summed E-state index contributed by atoms with van der Waals surface area (Å²) in [6.45, 7) is 6.05. The van der Waals surface area contributed by atoms with E-state index in [9.17, 15) is 0 Å². The molecule has 0 aliphatic heterocycles. The lowest BCUT2D eigenvalue weighted by molar-refractivity contribution is 0.345. The first-order valence-electron chi connectivity index (χ1n) is 5.19. The summed E-state index contributed by atoms with van der Waals surface area (Å²) in [5.41, 5.74) is 5.57. The van der Waals surface area contributed by atoms with Gasteiger partial charge < -0.3 is 10.3 Å². The average Bonchev–Trinajstić information content (AvgIpc) is 2.50. The van der Waals surface area contributed by atoms with Gasteiger partial charge in [-0.2, -0.15) is 16.7 Å². The van der Waals surface area contributed by atoms with Gasteiger partial charge in [-0.25, -0.2) is 0 Å². The Morgan fingerprint density at radius 3 is 2.80 bits per heavy atom. The summed E-state index contributed by atoms with van der Waals surface area (Å²) in [4.78, 5) is 4.29. The average molecular weight is 229 g/mol. The monoisotopic (exact) mass is 229 g/mol.